The minimum Gasteiger partial charge on any atom is -0.375 e. The first-order valence-electron chi connectivity index (χ1n) is 7.88. The van der Waals surface area contributed by atoms with Crippen LogP contribution in [0.5, 0.6) is 0 Å². The van der Waals surface area contributed by atoms with Gasteiger partial charge in [0.15, 0.2) is 0 Å². The van der Waals surface area contributed by atoms with Gasteiger partial charge in [-0.05, 0) is 43.4 Å². The van der Waals surface area contributed by atoms with Gasteiger partial charge in [0.25, 0.3) is 0 Å². The van der Waals surface area contributed by atoms with Crippen LogP contribution in [0.3, 0.4) is 0 Å². The Morgan fingerprint density at radius 2 is 1.90 bits per heavy atom. The minimum atomic E-state index is 0.202. The third kappa shape index (κ3) is 3.63. The largest absolute Gasteiger partial charge is 0.375 e. The molecule has 3 heteroatoms. The summed E-state index contributed by atoms with van der Waals surface area (Å²) in [5.41, 5.74) is 1.56. The molecule has 1 aromatic carbocycles. The van der Waals surface area contributed by atoms with Crippen LogP contribution in [-0.2, 0) is 11.3 Å². The van der Waals surface area contributed by atoms with Crippen molar-refractivity contribution in [3.63, 3.8) is 0 Å². The van der Waals surface area contributed by atoms with Gasteiger partial charge in [-0.15, -0.1) is 0 Å². The minimum absolute atomic E-state index is 0.202. The van der Waals surface area contributed by atoms with Crippen molar-refractivity contribution in [2.75, 3.05) is 6.61 Å². The average molecular weight is 338 g/mol. The van der Waals surface area contributed by atoms with Crippen LogP contribution in [0.15, 0.2) is 28.7 Å². The van der Waals surface area contributed by atoms with E-state index in [4.69, 9.17) is 4.74 Å². The van der Waals surface area contributed by atoms with Gasteiger partial charge in [0.1, 0.15) is 0 Å². The number of hydrogen-bond acceptors (Lipinski definition) is 2. The van der Waals surface area contributed by atoms with Gasteiger partial charge < -0.3 is 10.1 Å². The van der Waals surface area contributed by atoms with Crippen molar-refractivity contribution < 1.29 is 4.74 Å². The number of benzene rings is 1. The van der Waals surface area contributed by atoms with E-state index < -0.39 is 0 Å². The molecule has 2 nitrogen and oxygen atoms in total. The van der Waals surface area contributed by atoms with E-state index in [2.05, 4.69) is 45.5 Å². The van der Waals surface area contributed by atoms with Crippen LogP contribution in [-0.4, -0.2) is 18.2 Å². The molecule has 0 amide bonds. The molecule has 0 bridgehead atoms. The van der Waals surface area contributed by atoms with Crippen molar-refractivity contribution in [3.8, 4) is 0 Å². The summed E-state index contributed by atoms with van der Waals surface area (Å²) in [5, 5.41) is 3.73. The van der Waals surface area contributed by atoms with Gasteiger partial charge in [-0.25, -0.2) is 0 Å². The highest BCUT2D eigenvalue weighted by Gasteiger charge is 2.38. The lowest BCUT2D eigenvalue weighted by molar-refractivity contribution is -0.109. The lowest BCUT2D eigenvalue weighted by Gasteiger charge is -2.43. The third-order valence-corrected chi connectivity index (χ3v) is 5.29. The molecule has 110 valence electrons. The molecule has 1 aromatic rings. The Kier molecular flexibility index (Phi) is 4.79. The van der Waals surface area contributed by atoms with E-state index in [0.29, 0.717) is 6.04 Å². The monoisotopic (exact) mass is 337 g/mol. The maximum Gasteiger partial charge on any atom is 0.0697 e. The SMILES string of the molecule is Brc1ccc(CNC2CCOC3(CCCCC3)C2)cc1. The topological polar surface area (TPSA) is 21.3 Å². The standard InChI is InChI=1S/C17H24BrNO/c18-15-6-4-14(5-7-15)13-19-16-8-11-20-17(12-16)9-2-1-3-10-17/h4-7,16,19H,1-3,8-13H2. The lowest BCUT2D eigenvalue weighted by atomic mass is 9.78. The van der Waals surface area contributed by atoms with Crippen LogP contribution in [0.2, 0.25) is 0 Å². The van der Waals surface area contributed by atoms with E-state index in [1.807, 2.05) is 0 Å². The molecule has 1 aliphatic heterocycles. The van der Waals surface area contributed by atoms with Gasteiger partial charge in [0.05, 0.1) is 5.60 Å². The van der Waals surface area contributed by atoms with E-state index in [9.17, 15) is 0 Å². The number of ether oxygens (including phenoxy) is 1. The summed E-state index contributed by atoms with van der Waals surface area (Å²) in [7, 11) is 0. The van der Waals surface area contributed by atoms with E-state index in [0.717, 1.165) is 24.0 Å². The third-order valence-electron chi connectivity index (χ3n) is 4.77. The van der Waals surface area contributed by atoms with Crippen LogP contribution in [0.4, 0.5) is 0 Å². The fourth-order valence-electron chi connectivity index (χ4n) is 3.61. The van der Waals surface area contributed by atoms with Crippen molar-refractivity contribution in [2.24, 2.45) is 0 Å². The smallest absolute Gasteiger partial charge is 0.0697 e. The summed E-state index contributed by atoms with van der Waals surface area (Å²) in [6.45, 7) is 1.89. The second kappa shape index (κ2) is 6.59. The molecule has 1 saturated heterocycles. The van der Waals surface area contributed by atoms with Crippen LogP contribution >= 0.6 is 15.9 Å². The summed E-state index contributed by atoms with van der Waals surface area (Å²) in [6, 6.07) is 9.22. The second-order valence-corrected chi connectivity index (χ2v) is 7.20. The Morgan fingerprint density at radius 3 is 2.65 bits per heavy atom. The van der Waals surface area contributed by atoms with E-state index >= 15 is 0 Å². The van der Waals surface area contributed by atoms with Gasteiger partial charge in [-0.1, -0.05) is 47.3 Å². The number of rotatable bonds is 3. The fraction of sp³-hybridized carbons (Fsp3) is 0.647. The Bertz CT molecular complexity index is 420. The molecule has 3 rings (SSSR count). The zero-order valence-electron chi connectivity index (χ0n) is 12.0. The van der Waals surface area contributed by atoms with Gasteiger partial charge in [0, 0.05) is 23.7 Å². The molecular weight excluding hydrogens is 314 g/mol. The normalized spacial score (nSPS) is 25.8. The van der Waals surface area contributed by atoms with Crippen LogP contribution in [0, 0.1) is 0 Å². The number of nitrogens with one attached hydrogen (secondary N) is 1. The Balaban J connectivity index is 1.53. The van der Waals surface area contributed by atoms with E-state index in [-0.39, 0.29) is 5.60 Å². The molecule has 1 aliphatic carbocycles. The van der Waals surface area contributed by atoms with Crippen molar-refractivity contribution in [3.05, 3.63) is 34.3 Å². The van der Waals surface area contributed by atoms with Crippen LogP contribution < -0.4 is 5.32 Å². The highest BCUT2D eigenvalue weighted by Crippen LogP contribution is 2.38. The molecule has 2 aliphatic rings. The molecule has 1 atom stereocenters. The maximum atomic E-state index is 6.16. The zero-order valence-corrected chi connectivity index (χ0v) is 13.6. The van der Waals surface area contributed by atoms with Crippen molar-refractivity contribution in [1.82, 2.24) is 5.32 Å². The van der Waals surface area contributed by atoms with Gasteiger partial charge >= 0.3 is 0 Å². The predicted octanol–water partition coefficient (Wildman–Crippen LogP) is 4.42. The summed E-state index contributed by atoms with van der Waals surface area (Å²) >= 11 is 3.48. The van der Waals surface area contributed by atoms with Gasteiger partial charge in [-0.3, -0.25) is 0 Å². The highest BCUT2D eigenvalue weighted by atomic mass is 79.9. The Hall–Kier alpha value is -0.380. The lowest BCUT2D eigenvalue weighted by Crippen LogP contribution is -2.47. The predicted molar refractivity (Wildman–Crippen MR) is 85.8 cm³/mol. The van der Waals surface area contributed by atoms with Gasteiger partial charge in [-0.2, -0.15) is 0 Å². The quantitative estimate of drug-likeness (QED) is 0.881. The average Bonchev–Trinajstić information content (AvgIpc) is 2.48. The number of hydrogen-bond donors (Lipinski definition) is 1. The summed E-state index contributed by atoms with van der Waals surface area (Å²) in [4.78, 5) is 0. The summed E-state index contributed by atoms with van der Waals surface area (Å²) < 4.78 is 7.30. The van der Waals surface area contributed by atoms with Gasteiger partial charge in [0.2, 0.25) is 0 Å². The molecule has 1 heterocycles. The Morgan fingerprint density at radius 1 is 1.15 bits per heavy atom. The van der Waals surface area contributed by atoms with E-state index in [1.165, 1.54) is 44.1 Å². The number of halogens is 1. The van der Waals surface area contributed by atoms with Crippen molar-refractivity contribution in [1.29, 1.82) is 0 Å². The molecule has 2 fully saturated rings. The maximum absolute atomic E-state index is 6.16. The first kappa shape index (κ1) is 14.6. The molecular formula is C17H24BrNO. The molecule has 1 N–H and O–H groups in total. The molecule has 1 unspecified atom stereocenters. The summed E-state index contributed by atoms with van der Waals surface area (Å²) in [6.07, 6.45) is 8.97. The Labute approximate surface area is 130 Å². The van der Waals surface area contributed by atoms with Crippen LogP contribution in [0.25, 0.3) is 0 Å². The van der Waals surface area contributed by atoms with Crippen molar-refractivity contribution in [2.45, 2.75) is 63.1 Å². The van der Waals surface area contributed by atoms with Crippen LogP contribution in [0.1, 0.15) is 50.5 Å². The molecule has 1 spiro atoms. The first-order valence-corrected chi connectivity index (χ1v) is 8.67. The second-order valence-electron chi connectivity index (χ2n) is 6.29. The molecule has 0 aromatic heterocycles. The zero-order chi connectivity index (χ0) is 13.8. The molecule has 1 saturated carbocycles. The van der Waals surface area contributed by atoms with Crippen molar-refractivity contribution >= 4 is 15.9 Å². The molecule has 20 heavy (non-hydrogen) atoms. The summed E-state index contributed by atoms with van der Waals surface area (Å²) in [5.74, 6) is 0. The highest BCUT2D eigenvalue weighted by molar-refractivity contribution is 9.10. The molecule has 0 radical (unpaired) electrons. The van der Waals surface area contributed by atoms with E-state index in [1.54, 1.807) is 0 Å². The fourth-order valence-corrected chi connectivity index (χ4v) is 3.88. The first-order chi connectivity index (χ1) is 9.76.